The first kappa shape index (κ1) is 10.8. The van der Waals surface area contributed by atoms with Crippen LogP contribution in [0.1, 0.15) is 39.5 Å². The van der Waals surface area contributed by atoms with Crippen LogP contribution in [0.2, 0.25) is 0 Å². The molecule has 0 aliphatic rings. The first-order valence-corrected chi connectivity index (χ1v) is 5.38. The zero-order chi connectivity index (χ0) is 8.53. The molecule has 0 amide bonds. The van der Waals surface area contributed by atoms with Crippen molar-refractivity contribution in [3.8, 4) is 6.07 Å². The molecular weight excluding hydrogens is 154 g/mol. The number of unbranched alkanes of at least 4 members (excludes halogenated alkanes) is 1. The Labute approximate surface area is 74.2 Å². The Morgan fingerprint density at radius 1 is 1.45 bits per heavy atom. The van der Waals surface area contributed by atoms with Crippen LogP contribution in [0.15, 0.2) is 0 Å². The second kappa shape index (κ2) is 7.94. The molecule has 0 aromatic heterocycles. The lowest BCUT2D eigenvalue weighted by atomic mass is 10.3. The van der Waals surface area contributed by atoms with Crippen LogP contribution < -0.4 is 0 Å². The highest BCUT2D eigenvalue weighted by atomic mass is 32.2. The highest BCUT2D eigenvalue weighted by molar-refractivity contribution is 7.99. The maximum Gasteiger partial charge on any atom is 0.0633 e. The monoisotopic (exact) mass is 171 g/mol. The van der Waals surface area contributed by atoms with Gasteiger partial charge >= 0.3 is 0 Å². The Morgan fingerprint density at radius 2 is 2.18 bits per heavy atom. The molecule has 0 aliphatic carbocycles. The summed E-state index contributed by atoms with van der Waals surface area (Å²) in [6, 6.07) is 2.22. The van der Waals surface area contributed by atoms with E-state index in [1.807, 2.05) is 11.8 Å². The largest absolute Gasteiger partial charge is 0.198 e. The van der Waals surface area contributed by atoms with Crippen LogP contribution in [0.5, 0.6) is 0 Å². The van der Waals surface area contributed by atoms with Crippen molar-refractivity contribution in [2.24, 2.45) is 0 Å². The number of nitrogens with zero attached hydrogens (tertiary/aromatic N) is 1. The van der Waals surface area contributed by atoms with Gasteiger partial charge in [-0.3, -0.25) is 0 Å². The molecule has 64 valence electrons. The second-order valence-corrected chi connectivity index (χ2v) is 4.03. The summed E-state index contributed by atoms with van der Waals surface area (Å²) in [5.74, 6) is 1.22. The molecule has 0 spiro atoms. The summed E-state index contributed by atoms with van der Waals surface area (Å²) in [7, 11) is 0. The SMILES string of the molecule is CCCCSC(CC)CC#N. The van der Waals surface area contributed by atoms with Gasteiger partial charge in [0.05, 0.1) is 6.07 Å². The fourth-order valence-corrected chi connectivity index (χ4v) is 2.03. The van der Waals surface area contributed by atoms with Crippen molar-refractivity contribution in [2.75, 3.05) is 5.75 Å². The molecule has 0 saturated heterocycles. The maximum absolute atomic E-state index is 8.46. The summed E-state index contributed by atoms with van der Waals surface area (Å²) < 4.78 is 0. The summed E-state index contributed by atoms with van der Waals surface area (Å²) in [6.45, 7) is 4.35. The van der Waals surface area contributed by atoms with Crippen LogP contribution >= 0.6 is 11.8 Å². The van der Waals surface area contributed by atoms with Crippen LogP contribution in [0.3, 0.4) is 0 Å². The predicted octanol–water partition coefficient (Wildman–Crippen LogP) is 3.21. The molecule has 0 radical (unpaired) electrons. The van der Waals surface area contributed by atoms with E-state index in [-0.39, 0.29) is 0 Å². The van der Waals surface area contributed by atoms with Crippen LogP contribution in [0.25, 0.3) is 0 Å². The lowest BCUT2D eigenvalue weighted by Gasteiger charge is -2.08. The maximum atomic E-state index is 8.46. The third kappa shape index (κ3) is 6.25. The van der Waals surface area contributed by atoms with Crippen LogP contribution in [0, 0.1) is 11.3 Å². The minimum atomic E-state index is 0.576. The zero-order valence-corrected chi connectivity index (χ0v) is 8.28. The van der Waals surface area contributed by atoms with Gasteiger partial charge in [-0.2, -0.15) is 17.0 Å². The average molecular weight is 171 g/mol. The van der Waals surface area contributed by atoms with Gasteiger partial charge in [0.15, 0.2) is 0 Å². The third-order valence-electron chi connectivity index (χ3n) is 1.63. The van der Waals surface area contributed by atoms with Crippen molar-refractivity contribution in [1.82, 2.24) is 0 Å². The Balaban J connectivity index is 3.30. The molecule has 1 atom stereocenters. The van der Waals surface area contributed by atoms with Gasteiger partial charge < -0.3 is 0 Å². The molecule has 0 rings (SSSR count). The van der Waals surface area contributed by atoms with E-state index in [1.165, 1.54) is 18.6 Å². The molecule has 0 saturated carbocycles. The van der Waals surface area contributed by atoms with E-state index in [0.717, 1.165) is 6.42 Å². The van der Waals surface area contributed by atoms with Crippen molar-refractivity contribution < 1.29 is 0 Å². The predicted molar refractivity (Wildman–Crippen MR) is 51.7 cm³/mol. The fraction of sp³-hybridized carbons (Fsp3) is 0.889. The number of hydrogen-bond donors (Lipinski definition) is 0. The highest BCUT2D eigenvalue weighted by Crippen LogP contribution is 2.18. The smallest absolute Gasteiger partial charge is 0.0633 e. The molecule has 1 unspecified atom stereocenters. The average Bonchev–Trinajstić information content (AvgIpc) is 2.03. The normalized spacial score (nSPS) is 12.5. The second-order valence-electron chi connectivity index (χ2n) is 2.62. The molecule has 0 aromatic rings. The van der Waals surface area contributed by atoms with Crippen LogP contribution in [-0.4, -0.2) is 11.0 Å². The zero-order valence-electron chi connectivity index (χ0n) is 7.47. The quantitative estimate of drug-likeness (QED) is 0.573. The Kier molecular flexibility index (Phi) is 7.83. The van der Waals surface area contributed by atoms with Gasteiger partial charge in [-0.1, -0.05) is 20.3 Å². The van der Waals surface area contributed by atoms with Gasteiger partial charge in [-0.25, -0.2) is 0 Å². The molecule has 1 nitrogen and oxygen atoms in total. The molecule has 2 heteroatoms. The first-order valence-electron chi connectivity index (χ1n) is 4.33. The number of rotatable bonds is 6. The van der Waals surface area contributed by atoms with Crippen molar-refractivity contribution in [3.63, 3.8) is 0 Å². The molecule has 0 N–H and O–H groups in total. The standard InChI is InChI=1S/C9H17NS/c1-3-5-8-11-9(4-2)6-7-10/h9H,3-6,8H2,1-2H3. The molecule has 0 heterocycles. The van der Waals surface area contributed by atoms with Crippen molar-refractivity contribution in [2.45, 2.75) is 44.8 Å². The van der Waals surface area contributed by atoms with E-state index in [9.17, 15) is 0 Å². The lowest BCUT2D eigenvalue weighted by molar-refractivity contribution is 0.832. The molecule has 0 bridgehead atoms. The van der Waals surface area contributed by atoms with Gasteiger partial charge in [0.1, 0.15) is 0 Å². The molecule has 11 heavy (non-hydrogen) atoms. The van der Waals surface area contributed by atoms with E-state index < -0.39 is 0 Å². The van der Waals surface area contributed by atoms with Crippen molar-refractivity contribution >= 4 is 11.8 Å². The number of nitriles is 1. The van der Waals surface area contributed by atoms with Gasteiger partial charge in [-0.15, -0.1) is 0 Å². The van der Waals surface area contributed by atoms with Crippen molar-refractivity contribution in [1.29, 1.82) is 5.26 Å². The minimum Gasteiger partial charge on any atom is -0.198 e. The summed E-state index contributed by atoms with van der Waals surface area (Å²) in [5.41, 5.74) is 0. The Bertz CT molecular complexity index is 117. The van der Waals surface area contributed by atoms with Crippen LogP contribution in [-0.2, 0) is 0 Å². The molecular formula is C9H17NS. The summed E-state index contributed by atoms with van der Waals surface area (Å²) in [5, 5.41) is 9.04. The summed E-state index contributed by atoms with van der Waals surface area (Å²) >= 11 is 1.95. The first-order chi connectivity index (χ1) is 5.35. The lowest BCUT2D eigenvalue weighted by Crippen LogP contribution is -1.99. The van der Waals surface area contributed by atoms with Gasteiger partial charge in [0, 0.05) is 11.7 Å². The van der Waals surface area contributed by atoms with Gasteiger partial charge in [0.25, 0.3) is 0 Å². The molecule has 0 aromatic carbocycles. The summed E-state index contributed by atoms with van der Waals surface area (Å²) in [4.78, 5) is 0. The van der Waals surface area contributed by atoms with E-state index in [0.29, 0.717) is 11.7 Å². The van der Waals surface area contributed by atoms with E-state index in [1.54, 1.807) is 0 Å². The van der Waals surface area contributed by atoms with Gasteiger partial charge in [-0.05, 0) is 18.6 Å². The van der Waals surface area contributed by atoms with E-state index >= 15 is 0 Å². The number of thioether (sulfide) groups is 1. The fourth-order valence-electron chi connectivity index (χ4n) is 0.817. The molecule has 0 fully saturated rings. The highest BCUT2D eigenvalue weighted by Gasteiger charge is 2.04. The summed E-state index contributed by atoms with van der Waals surface area (Å²) in [6.07, 6.45) is 4.38. The molecule has 0 aliphatic heterocycles. The topological polar surface area (TPSA) is 23.8 Å². The Hall–Kier alpha value is -0.160. The third-order valence-corrected chi connectivity index (χ3v) is 3.12. The number of hydrogen-bond acceptors (Lipinski definition) is 2. The van der Waals surface area contributed by atoms with E-state index in [2.05, 4.69) is 19.9 Å². The van der Waals surface area contributed by atoms with E-state index in [4.69, 9.17) is 5.26 Å². The van der Waals surface area contributed by atoms with Crippen molar-refractivity contribution in [3.05, 3.63) is 0 Å². The van der Waals surface area contributed by atoms with Gasteiger partial charge in [0.2, 0.25) is 0 Å². The Morgan fingerprint density at radius 3 is 2.64 bits per heavy atom. The van der Waals surface area contributed by atoms with Crippen LogP contribution in [0.4, 0.5) is 0 Å². The minimum absolute atomic E-state index is 0.576.